The van der Waals surface area contributed by atoms with Crippen molar-refractivity contribution >= 4 is 28.9 Å². The van der Waals surface area contributed by atoms with Crippen molar-refractivity contribution in [3.63, 3.8) is 0 Å². The third-order valence-electron chi connectivity index (χ3n) is 6.61. The summed E-state index contributed by atoms with van der Waals surface area (Å²) in [5, 5.41) is 10.5. The number of benzene rings is 1. The quantitative estimate of drug-likeness (QED) is 0.474. The average molecular weight is 436 g/mol. The van der Waals surface area contributed by atoms with Crippen molar-refractivity contribution in [1.82, 2.24) is 19.9 Å². The maximum Gasteiger partial charge on any atom is 0.411 e. The minimum absolute atomic E-state index is 0.0262. The summed E-state index contributed by atoms with van der Waals surface area (Å²) in [6.45, 7) is 3.00. The molecule has 1 atom stereocenters. The Labute approximate surface area is 183 Å². The van der Waals surface area contributed by atoms with Crippen LogP contribution in [-0.2, 0) is 4.74 Å². The molecule has 1 aliphatic heterocycles. The highest BCUT2D eigenvalue weighted by molar-refractivity contribution is 6.08. The number of hydrogen-bond donors (Lipinski definition) is 4. The topological polar surface area (TPSA) is 160 Å². The van der Waals surface area contributed by atoms with Crippen LogP contribution in [0.3, 0.4) is 0 Å². The normalized spacial score (nSPS) is 23.4. The van der Waals surface area contributed by atoms with Crippen LogP contribution in [0.5, 0.6) is 0 Å². The van der Waals surface area contributed by atoms with E-state index in [4.69, 9.17) is 16.2 Å². The largest absolute Gasteiger partial charge is 0.477 e. The Morgan fingerprint density at radius 2 is 2.09 bits per heavy atom. The summed E-state index contributed by atoms with van der Waals surface area (Å²) < 4.78 is 5.73. The van der Waals surface area contributed by atoms with Crippen LogP contribution >= 0.6 is 0 Å². The van der Waals surface area contributed by atoms with Crippen LogP contribution < -0.4 is 11.5 Å². The first-order valence-electron chi connectivity index (χ1n) is 10.5. The second kappa shape index (κ2) is 7.20. The van der Waals surface area contributed by atoms with Crippen molar-refractivity contribution in [2.45, 2.75) is 31.4 Å². The number of carboxylic acid groups (broad SMARTS) is 1. The van der Waals surface area contributed by atoms with Crippen LogP contribution in [0.1, 0.15) is 41.9 Å². The van der Waals surface area contributed by atoms with Gasteiger partial charge in [-0.25, -0.2) is 19.6 Å². The molecule has 166 valence electrons. The summed E-state index contributed by atoms with van der Waals surface area (Å²) in [6.07, 6.45) is 4.19. The van der Waals surface area contributed by atoms with E-state index in [1.807, 2.05) is 25.1 Å². The molecule has 3 heterocycles. The number of nitrogens with one attached hydrogen (secondary N) is 1. The molecule has 2 fully saturated rings. The third kappa shape index (κ3) is 3.06. The first-order chi connectivity index (χ1) is 15.3. The molecule has 32 heavy (non-hydrogen) atoms. The number of aromatic carboxylic acids is 1. The fourth-order valence-electron chi connectivity index (χ4n) is 5.00. The molecule has 6 N–H and O–H groups in total. The highest BCUT2D eigenvalue weighted by atomic mass is 16.6. The minimum Gasteiger partial charge on any atom is -0.477 e. The zero-order valence-corrected chi connectivity index (χ0v) is 17.5. The van der Waals surface area contributed by atoms with E-state index in [-0.39, 0.29) is 23.8 Å². The van der Waals surface area contributed by atoms with Crippen LogP contribution in [0.25, 0.3) is 22.0 Å². The molecule has 2 aliphatic rings. The molecular weight excluding hydrogens is 412 g/mol. The van der Waals surface area contributed by atoms with Crippen molar-refractivity contribution in [2.24, 2.45) is 11.7 Å². The Hall–Kier alpha value is -3.66. The Morgan fingerprint density at radius 3 is 2.75 bits per heavy atom. The van der Waals surface area contributed by atoms with Crippen LogP contribution in [0.15, 0.2) is 30.6 Å². The molecule has 0 radical (unpaired) electrons. The van der Waals surface area contributed by atoms with Crippen molar-refractivity contribution in [3.05, 3.63) is 41.9 Å². The number of aromatic nitrogens is 3. The van der Waals surface area contributed by atoms with E-state index in [0.29, 0.717) is 41.0 Å². The van der Waals surface area contributed by atoms with Gasteiger partial charge < -0.3 is 26.3 Å². The number of hydrogen-bond acceptors (Lipinski definition) is 7. The number of H-pyrrole nitrogens is 1. The van der Waals surface area contributed by atoms with Gasteiger partial charge in [-0.15, -0.1) is 0 Å². The zero-order chi connectivity index (χ0) is 22.6. The summed E-state index contributed by atoms with van der Waals surface area (Å²) in [5.74, 6) is -0.615. The number of rotatable bonds is 5. The van der Waals surface area contributed by atoms with E-state index >= 15 is 0 Å². The molecular formula is C22H24N6O4. The van der Waals surface area contributed by atoms with Gasteiger partial charge >= 0.3 is 12.1 Å². The summed E-state index contributed by atoms with van der Waals surface area (Å²) in [5.41, 5.74) is 13.4. The second-order valence-electron chi connectivity index (χ2n) is 8.64. The van der Waals surface area contributed by atoms with Gasteiger partial charge in [-0.05, 0) is 37.8 Å². The van der Waals surface area contributed by atoms with Gasteiger partial charge in [-0.1, -0.05) is 18.2 Å². The SMILES string of the molecule is C[C@@H](c1cccc2c(-c3cnc(N)nc3)c(C(=O)O)[nH]c12)N1CC2(CC(CN)C2)OC1=O. The molecule has 1 amide bonds. The van der Waals surface area contributed by atoms with Gasteiger partial charge in [-0.2, -0.15) is 0 Å². The van der Waals surface area contributed by atoms with E-state index in [1.165, 1.54) is 12.4 Å². The summed E-state index contributed by atoms with van der Waals surface area (Å²) in [7, 11) is 0. The van der Waals surface area contributed by atoms with E-state index in [0.717, 1.165) is 18.4 Å². The fourth-order valence-corrected chi connectivity index (χ4v) is 5.00. The fraction of sp³-hybridized carbons (Fsp3) is 0.364. The monoisotopic (exact) mass is 436 g/mol. The first kappa shape index (κ1) is 20.3. The molecule has 1 spiro atoms. The molecule has 1 aromatic carbocycles. The van der Waals surface area contributed by atoms with Gasteiger partial charge in [0.05, 0.1) is 18.1 Å². The Kier molecular flexibility index (Phi) is 4.55. The number of ether oxygens (including phenoxy) is 1. The molecule has 1 saturated carbocycles. The number of fused-ring (bicyclic) bond motifs is 1. The lowest BCUT2D eigenvalue weighted by molar-refractivity contribution is -0.0439. The molecule has 1 saturated heterocycles. The smallest absolute Gasteiger partial charge is 0.411 e. The summed E-state index contributed by atoms with van der Waals surface area (Å²) in [4.78, 5) is 37.5. The number of para-hydroxylation sites is 1. The Morgan fingerprint density at radius 1 is 1.38 bits per heavy atom. The number of amides is 1. The predicted octanol–water partition coefficient (Wildman–Crippen LogP) is 2.53. The van der Waals surface area contributed by atoms with Crippen LogP contribution in [-0.4, -0.2) is 55.7 Å². The van der Waals surface area contributed by atoms with Crippen molar-refractivity contribution in [2.75, 3.05) is 18.8 Å². The number of carbonyl (C=O) groups excluding carboxylic acids is 1. The van der Waals surface area contributed by atoms with Gasteiger partial charge in [0.15, 0.2) is 0 Å². The average Bonchev–Trinajstić information content (AvgIpc) is 3.31. The van der Waals surface area contributed by atoms with Gasteiger partial charge in [0, 0.05) is 28.9 Å². The van der Waals surface area contributed by atoms with Crippen LogP contribution in [0.2, 0.25) is 0 Å². The van der Waals surface area contributed by atoms with Crippen LogP contribution in [0, 0.1) is 5.92 Å². The third-order valence-corrected chi connectivity index (χ3v) is 6.61. The van der Waals surface area contributed by atoms with E-state index in [2.05, 4.69) is 15.0 Å². The molecule has 0 unspecified atom stereocenters. The number of nitrogens with zero attached hydrogens (tertiary/aromatic N) is 3. The number of anilines is 1. The first-order valence-corrected chi connectivity index (χ1v) is 10.5. The maximum absolute atomic E-state index is 12.7. The molecule has 10 nitrogen and oxygen atoms in total. The number of aromatic amines is 1. The highest BCUT2D eigenvalue weighted by Crippen LogP contribution is 2.47. The molecule has 10 heteroatoms. The van der Waals surface area contributed by atoms with E-state index < -0.39 is 11.6 Å². The van der Waals surface area contributed by atoms with Crippen molar-refractivity contribution in [1.29, 1.82) is 0 Å². The van der Waals surface area contributed by atoms with Gasteiger partial charge in [0.1, 0.15) is 11.3 Å². The molecule has 5 rings (SSSR count). The van der Waals surface area contributed by atoms with Gasteiger partial charge in [0.25, 0.3) is 0 Å². The lowest BCUT2D eigenvalue weighted by Crippen LogP contribution is -2.49. The maximum atomic E-state index is 12.7. The van der Waals surface area contributed by atoms with Gasteiger partial charge in [0.2, 0.25) is 5.95 Å². The lowest BCUT2D eigenvalue weighted by Gasteiger charge is -2.42. The highest BCUT2D eigenvalue weighted by Gasteiger charge is 2.54. The minimum atomic E-state index is -1.10. The summed E-state index contributed by atoms with van der Waals surface area (Å²) >= 11 is 0. The van der Waals surface area contributed by atoms with E-state index in [1.54, 1.807) is 4.90 Å². The van der Waals surface area contributed by atoms with E-state index in [9.17, 15) is 14.7 Å². The zero-order valence-electron chi connectivity index (χ0n) is 17.5. The molecule has 2 aromatic heterocycles. The van der Waals surface area contributed by atoms with Gasteiger partial charge in [-0.3, -0.25) is 4.90 Å². The Bertz CT molecular complexity index is 1220. The number of carbonyl (C=O) groups is 2. The number of carboxylic acids is 1. The van der Waals surface area contributed by atoms with Crippen molar-refractivity contribution in [3.8, 4) is 11.1 Å². The Balaban J connectivity index is 1.55. The van der Waals surface area contributed by atoms with Crippen LogP contribution in [0.4, 0.5) is 10.7 Å². The number of nitrogens with two attached hydrogens (primary N) is 2. The van der Waals surface area contributed by atoms with Crippen molar-refractivity contribution < 1.29 is 19.4 Å². The second-order valence-corrected chi connectivity index (χ2v) is 8.64. The molecule has 3 aromatic rings. The summed E-state index contributed by atoms with van der Waals surface area (Å²) in [6, 6.07) is 5.25. The molecule has 0 bridgehead atoms. The predicted molar refractivity (Wildman–Crippen MR) is 117 cm³/mol. The standard InChI is InChI=1S/C22H24N6O4/c1-11(28-10-22(32-21(28)31)5-12(6-22)7-23)14-3-2-4-15-16(13-8-25-20(24)26-9-13)18(19(29)30)27-17(14)15/h2-4,8-9,11-12,27H,5-7,10,23H2,1H3,(H,29,30)(H2,24,25,26)/t11-,12?,22?/m0/s1. The molecule has 1 aliphatic carbocycles. The lowest BCUT2D eigenvalue weighted by atomic mass is 9.71. The number of nitrogen functional groups attached to an aromatic ring is 1.